The summed E-state index contributed by atoms with van der Waals surface area (Å²) < 4.78 is 6.79. The van der Waals surface area contributed by atoms with Gasteiger partial charge in [0, 0.05) is 25.7 Å². The third-order valence-electron chi connectivity index (χ3n) is 5.24. The highest BCUT2D eigenvalue weighted by atomic mass is 16.5. The SMILES string of the molecule is CCOC(=O)c1ncn(C2CCN(C(=O)NC[C@@H]3C[C@H]3C)CC2)c1N. The van der Waals surface area contributed by atoms with Crippen LogP contribution < -0.4 is 11.1 Å². The Labute approximate surface area is 147 Å². The zero-order valence-electron chi connectivity index (χ0n) is 14.9. The number of carbonyl (C=O) groups is 2. The van der Waals surface area contributed by atoms with Crippen LogP contribution in [0, 0.1) is 11.8 Å². The summed E-state index contributed by atoms with van der Waals surface area (Å²) in [6.45, 7) is 6.36. The van der Waals surface area contributed by atoms with Gasteiger partial charge in [-0.05, 0) is 38.0 Å². The Hall–Kier alpha value is -2.25. The molecule has 25 heavy (non-hydrogen) atoms. The van der Waals surface area contributed by atoms with Crippen molar-refractivity contribution in [2.45, 2.75) is 39.2 Å². The van der Waals surface area contributed by atoms with Gasteiger partial charge in [-0.15, -0.1) is 0 Å². The average Bonchev–Trinajstić information content (AvgIpc) is 3.18. The number of imidazole rings is 1. The zero-order valence-corrected chi connectivity index (χ0v) is 14.9. The third-order valence-corrected chi connectivity index (χ3v) is 5.24. The number of nitrogens with one attached hydrogen (secondary N) is 1. The number of nitrogen functional groups attached to an aromatic ring is 1. The Morgan fingerprint density at radius 1 is 1.40 bits per heavy atom. The highest BCUT2D eigenvalue weighted by Crippen LogP contribution is 2.36. The molecule has 2 amide bonds. The van der Waals surface area contributed by atoms with E-state index in [2.05, 4.69) is 17.2 Å². The Balaban J connectivity index is 1.52. The molecule has 138 valence electrons. The van der Waals surface area contributed by atoms with Gasteiger partial charge < -0.3 is 25.3 Å². The van der Waals surface area contributed by atoms with E-state index in [9.17, 15) is 9.59 Å². The van der Waals surface area contributed by atoms with Gasteiger partial charge in [0.25, 0.3) is 0 Å². The molecule has 1 aliphatic carbocycles. The molecule has 2 atom stereocenters. The van der Waals surface area contributed by atoms with E-state index in [-0.39, 0.29) is 24.4 Å². The van der Waals surface area contributed by atoms with Crippen LogP contribution in [0.2, 0.25) is 0 Å². The van der Waals surface area contributed by atoms with Gasteiger partial charge in [-0.1, -0.05) is 6.92 Å². The summed E-state index contributed by atoms with van der Waals surface area (Å²) in [5, 5.41) is 3.03. The van der Waals surface area contributed by atoms with E-state index in [0.717, 1.165) is 25.3 Å². The number of likely N-dealkylation sites (tertiary alicyclic amines) is 1. The van der Waals surface area contributed by atoms with E-state index in [4.69, 9.17) is 10.5 Å². The van der Waals surface area contributed by atoms with Crippen LogP contribution in [0.3, 0.4) is 0 Å². The summed E-state index contributed by atoms with van der Waals surface area (Å²) in [5.74, 6) is 1.23. The molecule has 0 unspecified atom stereocenters. The normalized spacial score (nSPS) is 23.4. The first-order valence-corrected chi connectivity index (χ1v) is 9.03. The number of piperidine rings is 1. The summed E-state index contributed by atoms with van der Waals surface area (Å²) in [5.41, 5.74) is 6.23. The van der Waals surface area contributed by atoms with Gasteiger partial charge in [-0.2, -0.15) is 0 Å². The van der Waals surface area contributed by atoms with Crippen LogP contribution in [0.1, 0.15) is 49.6 Å². The maximum Gasteiger partial charge on any atom is 0.360 e. The second-order valence-electron chi connectivity index (χ2n) is 6.98. The van der Waals surface area contributed by atoms with Gasteiger partial charge in [0.2, 0.25) is 0 Å². The summed E-state index contributed by atoms with van der Waals surface area (Å²) in [7, 11) is 0. The van der Waals surface area contributed by atoms with Gasteiger partial charge in [0.1, 0.15) is 5.82 Å². The number of hydrogen-bond acceptors (Lipinski definition) is 5. The number of anilines is 1. The minimum atomic E-state index is -0.495. The number of nitrogens with two attached hydrogens (primary N) is 1. The maximum absolute atomic E-state index is 12.2. The summed E-state index contributed by atoms with van der Waals surface area (Å²) in [4.78, 5) is 30.0. The van der Waals surface area contributed by atoms with Gasteiger partial charge in [0.15, 0.2) is 5.69 Å². The summed E-state index contributed by atoms with van der Waals surface area (Å²) in [6, 6.07) is 0.159. The molecular formula is C17H27N5O3. The molecule has 2 aliphatic rings. The van der Waals surface area contributed by atoms with Crippen LogP contribution in [0.15, 0.2) is 6.33 Å². The topological polar surface area (TPSA) is 102 Å². The number of hydrogen-bond donors (Lipinski definition) is 2. The third kappa shape index (κ3) is 3.88. The molecule has 1 saturated carbocycles. The molecule has 1 saturated heterocycles. The van der Waals surface area contributed by atoms with E-state index in [1.54, 1.807) is 13.3 Å². The Kier molecular flexibility index (Phi) is 5.15. The van der Waals surface area contributed by atoms with Gasteiger partial charge >= 0.3 is 12.0 Å². The predicted molar refractivity (Wildman–Crippen MR) is 93.1 cm³/mol. The molecule has 8 nitrogen and oxygen atoms in total. The first kappa shape index (κ1) is 17.6. The molecule has 8 heteroatoms. The monoisotopic (exact) mass is 349 g/mol. The van der Waals surface area contributed by atoms with Crippen molar-refractivity contribution < 1.29 is 14.3 Å². The fraction of sp³-hybridized carbons (Fsp3) is 0.706. The summed E-state index contributed by atoms with van der Waals surface area (Å²) in [6.07, 6.45) is 4.38. The largest absolute Gasteiger partial charge is 0.461 e. The number of esters is 1. The lowest BCUT2D eigenvalue weighted by atomic mass is 10.1. The molecule has 2 heterocycles. The number of aromatic nitrogens is 2. The highest BCUT2D eigenvalue weighted by molar-refractivity contribution is 5.92. The van der Waals surface area contributed by atoms with Crippen molar-refractivity contribution in [3.8, 4) is 0 Å². The lowest BCUT2D eigenvalue weighted by Gasteiger charge is -2.33. The maximum atomic E-state index is 12.2. The molecule has 3 rings (SSSR count). The molecule has 3 N–H and O–H groups in total. The number of carbonyl (C=O) groups excluding carboxylic acids is 2. The second-order valence-corrected chi connectivity index (χ2v) is 6.98. The number of urea groups is 1. The summed E-state index contributed by atoms with van der Waals surface area (Å²) >= 11 is 0. The Morgan fingerprint density at radius 3 is 2.68 bits per heavy atom. The van der Waals surface area contributed by atoms with Crippen LogP contribution in [-0.4, -0.2) is 52.7 Å². The average molecular weight is 349 g/mol. The predicted octanol–water partition coefficient (Wildman–Crippen LogP) is 1.64. The molecule has 0 bridgehead atoms. The van der Waals surface area contributed by atoms with Gasteiger partial charge in [-0.3, -0.25) is 0 Å². The van der Waals surface area contributed by atoms with Gasteiger partial charge in [0.05, 0.1) is 12.9 Å². The van der Waals surface area contributed by atoms with Crippen molar-refractivity contribution in [1.29, 1.82) is 0 Å². The van der Waals surface area contributed by atoms with E-state index >= 15 is 0 Å². The standard InChI is InChI=1S/C17H27N5O3/c1-3-25-16(23)14-15(18)22(10-20-14)13-4-6-21(7-5-13)17(24)19-9-12-8-11(12)2/h10-13H,3-9,18H2,1-2H3,(H,19,24)/t11-,12+/m1/s1. The van der Waals surface area contributed by atoms with E-state index in [1.165, 1.54) is 6.42 Å². The number of nitrogens with zero attached hydrogens (tertiary/aromatic N) is 3. The first-order valence-electron chi connectivity index (χ1n) is 9.03. The molecule has 1 aromatic rings. The van der Waals surface area contributed by atoms with Crippen molar-refractivity contribution in [3.05, 3.63) is 12.0 Å². The van der Waals surface area contributed by atoms with Gasteiger partial charge in [-0.25, -0.2) is 14.6 Å². The minimum Gasteiger partial charge on any atom is -0.461 e. The fourth-order valence-corrected chi connectivity index (χ4v) is 3.38. The quantitative estimate of drug-likeness (QED) is 0.787. The van der Waals surface area contributed by atoms with Crippen molar-refractivity contribution in [1.82, 2.24) is 19.8 Å². The molecular weight excluding hydrogens is 322 g/mol. The number of ether oxygens (including phenoxy) is 1. The van der Waals surface area contributed by atoms with Crippen LogP contribution in [0.5, 0.6) is 0 Å². The van der Waals surface area contributed by atoms with Crippen molar-refractivity contribution in [3.63, 3.8) is 0 Å². The fourth-order valence-electron chi connectivity index (χ4n) is 3.38. The Morgan fingerprint density at radius 2 is 2.08 bits per heavy atom. The van der Waals surface area contributed by atoms with Crippen molar-refractivity contribution in [2.24, 2.45) is 11.8 Å². The highest BCUT2D eigenvalue weighted by Gasteiger charge is 2.33. The van der Waals surface area contributed by atoms with Crippen molar-refractivity contribution in [2.75, 3.05) is 32.0 Å². The molecule has 1 aromatic heterocycles. The van der Waals surface area contributed by atoms with Crippen LogP contribution >= 0.6 is 0 Å². The minimum absolute atomic E-state index is 0.0170. The molecule has 0 aromatic carbocycles. The van der Waals surface area contributed by atoms with Crippen LogP contribution in [0.25, 0.3) is 0 Å². The van der Waals surface area contributed by atoms with E-state index in [0.29, 0.717) is 24.8 Å². The lowest BCUT2D eigenvalue weighted by molar-refractivity contribution is 0.0521. The molecule has 0 radical (unpaired) electrons. The van der Waals surface area contributed by atoms with Crippen molar-refractivity contribution >= 4 is 17.8 Å². The molecule has 2 fully saturated rings. The van der Waals surface area contributed by atoms with E-state index in [1.807, 2.05) is 9.47 Å². The first-order chi connectivity index (χ1) is 12.0. The van der Waals surface area contributed by atoms with Crippen LogP contribution in [-0.2, 0) is 4.74 Å². The number of amides is 2. The number of rotatable bonds is 5. The molecule has 0 spiro atoms. The zero-order chi connectivity index (χ0) is 18.0. The second kappa shape index (κ2) is 7.33. The van der Waals surface area contributed by atoms with E-state index < -0.39 is 5.97 Å². The lowest BCUT2D eigenvalue weighted by Crippen LogP contribution is -2.45. The molecule has 1 aliphatic heterocycles. The Bertz CT molecular complexity index is 636. The van der Waals surface area contributed by atoms with Crippen LogP contribution in [0.4, 0.5) is 10.6 Å². The smallest absolute Gasteiger partial charge is 0.360 e.